The lowest BCUT2D eigenvalue weighted by molar-refractivity contribution is 0.0987. The third kappa shape index (κ3) is 3.58. The van der Waals surface area contributed by atoms with Crippen LogP contribution in [-0.2, 0) is 6.54 Å². The maximum Gasteiger partial charge on any atom is 0.265 e. The molecule has 2 amide bonds. The van der Waals surface area contributed by atoms with Gasteiger partial charge in [-0.05, 0) is 30.3 Å². The van der Waals surface area contributed by atoms with Gasteiger partial charge in [-0.2, -0.15) is 0 Å². The molecule has 0 fully saturated rings. The number of carbonyl (C=O) groups is 2. The zero-order chi connectivity index (χ0) is 17.8. The second kappa shape index (κ2) is 7.00. The number of nitrogens with one attached hydrogen (secondary N) is 1. The summed E-state index contributed by atoms with van der Waals surface area (Å²) < 4.78 is 15.4. The molecule has 0 atom stereocenters. The summed E-state index contributed by atoms with van der Waals surface area (Å²) in [5.41, 5.74) is 6.44. The van der Waals surface area contributed by atoms with E-state index < -0.39 is 11.7 Å². The van der Waals surface area contributed by atoms with Gasteiger partial charge in [0.15, 0.2) is 0 Å². The van der Waals surface area contributed by atoms with Crippen molar-refractivity contribution in [3.8, 4) is 0 Å². The molecule has 0 spiro atoms. The van der Waals surface area contributed by atoms with Gasteiger partial charge in [0.1, 0.15) is 17.3 Å². The van der Waals surface area contributed by atoms with E-state index in [2.05, 4.69) is 5.32 Å². The quantitative estimate of drug-likeness (QED) is 0.751. The molecule has 0 aliphatic carbocycles. The van der Waals surface area contributed by atoms with Gasteiger partial charge in [-0.3, -0.25) is 9.59 Å². The number of amides is 2. The molecule has 0 saturated carbocycles. The molecule has 0 saturated heterocycles. The lowest BCUT2D eigenvalue weighted by Crippen LogP contribution is -2.21. The number of primary amides is 1. The molecule has 6 heteroatoms. The Morgan fingerprint density at radius 3 is 2.32 bits per heavy atom. The van der Waals surface area contributed by atoms with Crippen LogP contribution in [0.15, 0.2) is 66.7 Å². The predicted molar refractivity (Wildman–Crippen MR) is 92.8 cm³/mol. The van der Waals surface area contributed by atoms with Gasteiger partial charge in [-0.25, -0.2) is 4.39 Å². The predicted octanol–water partition coefficient (Wildman–Crippen LogP) is 3.03. The van der Waals surface area contributed by atoms with Crippen LogP contribution in [0.2, 0.25) is 0 Å². The van der Waals surface area contributed by atoms with E-state index >= 15 is 0 Å². The first-order chi connectivity index (χ1) is 12.1. The summed E-state index contributed by atoms with van der Waals surface area (Å²) in [6.45, 7) is 0.0718. The van der Waals surface area contributed by atoms with Crippen molar-refractivity contribution in [1.82, 2.24) is 4.57 Å². The summed E-state index contributed by atoms with van der Waals surface area (Å²) in [5.74, 6) is -1.01. The second-order valence-corrected chi connectivity index (χ2v) is 5.47. The van der Waals surface area contributed by atoms with Gasteiger partial charge in [-0.15, -0.1) is 0 Å². The molecule has 0 aliphatic heterocycles. The highest BCUT2D eigenvalue weighted by Crippen LogP contribution is 2.19. The third-order valence-corrected chi connectivity index (χ3v) is 3.80. The van der Waals surface area contributed by atoms with Crippen molar-refractivity contribution >= 4 is 17.6 Å². The Morgan fingerprint density at radius 1 is 0.960 bits per heavy atom. The number of hydrogen-bond donors (Lipinski definition) is 2. The fourth-order valence-electron chi connectivity index (χ4n) is 2.54. The van der Waals surface area contributed by atoms with Crippen LogP contribution in [0.4, 0.5) is 10.2 Å². The number of hydrogen-bond acceptors (Lipinski definition) is 2. The largest absolute Gasteiger partial charge is 0.364 e. The Bertz CT molecular complexity index is 919. The smallest absolute Gasteiger partial charge is 0.265 e. The minimum atomic E-state index is -0.656. The first kappa shape index (κ1) is 16.4. The number of halogens is 1. The highest BCUT2D eigenvalue weighted by atomic mass is 19.1. The number of nitrogens with zero attached hydrogens (tertiary/aromatic N) is 1. The number of aromatic nitrogens is 1. The van der Waals surface area contributed by atoms with Gasteiger partial charge in [0, 0.05) is 11.1 Å². The van der Waals surface area contributed by atoms with Gasteiger partial charge in [-0.1, -0.05) is 36.4 Å². The monoisotopic (exact) mass is 337 g/mol. The van der Waals surface area contributed by atoms with Crippen LogP contribution in [0.3, 0.4) is 0 Å². The van der Waals surface area contributed by atoms with Crippen molar-refractivity contribution in [2.45, 2.75) is 6.54 Å². The van der Waals surface area contributed by atoms with Gasteiger partial charge in [0.05, 0.1) is 6.54 Å². The number of benzene rings is 2. The second-order valence-electron chi connectivity index (χ2n) is 5.47. The van der Waals surface area contributed by atoms with E-state index in [1.165, 1.54) is 16.7 Å². The number of rotatable bonds is 5. The number of carbonyl (C=O) groups excluding carboxylic acids is 2. The average molecular weight is 337 g/mol. The van der Waals surface area contributed by atoms with Crippen molar-refractivity contribution in [2.24, 2.45) is 5.73 Å². The number of anilines is 1. The molecule has 1 aromatic heterocycles. The van der Waals surface area contributed by atoms with Crippen molar-refractivity contribution < 1.29 is 14.0 Å². The lowest BCUT2D eigenvalue weighted by Gasteiger charge is -2.13. The normalized spacial score (nSPS) is 10.4. The van der Waals surface area contributed by atoms with E-state index in [-0.39, 0.29) is 18.1 Å². The van der Waals surface area contributed by atoms with Crippen LogP contribution < -0.4 is 11.1 Å². The fraction of sp³-hybridized carbons (Fsp3) is 0.0526. The van der Waals surface area contributed by atoms with Crippen molar-refractivity contribution in [3.05, 3.63) is 89.4 Å². The van der Waals surface area contributed by atoms with Crippen LogP contribution in [-0.4, -0.2) is 16.4 Å². The lowest BCUT2D eigenvalue weighted by atomic mass is 10.2. The molecule has 3 rings (SSSR count). The molecule has 5 nitrogen and oxygen atoms in total. The first-order valence-corrected chi connectivity index (χ1v) is 7.65. The Kier molecular flexibility index (Phi) is 4.61. The van der Waals surface area contributed by atoms with E-state index in [0.717, 1.165) is 0 Å². The van der Waals surface area contributed by atoms with Crippen LogP contribution in [0.1, 0.15) is 26.4 Å². The summed E-state index contributed by atoms with van der Waals surface area (Å²) in [7, 11) is 0. The summed E-state index contributed by atoms with van der Waals surface area (Å²) in [6, 6.07) is 18.0. The summed E-state index contributed by atoms with van der Waals surface area (Å²) in [6.07, 6.45) is 0. The van der Waals surface area contributed by atoms with E-state index in [1.807, 2.05) is 6.07 Å². The number of nitrogens with two attached hydrogens (primary N) is 1. The fourth-order valence-corrected chi connectivity index (χ4v) is 2.54. The highest BCUT2D eigenvalue weighted by molar-refractivity contribution is 6.04. The molecule has 2 aromatic carbocycles. The zero-order valence-electron chi connectivity index (χ0n) is 13.3. The van der Waals surface area contributed by atoms with E-state index in [4.69, 9.17) is 5.73 Å². The van der Waals surface area contributed by atoms with Gasteiger partial charge in [0.25, 0.3) is 11.8 Å². The van der Waals surface area contributed by atoms with Crippen LogP contribution in [0.25, 0.3) is 0 Å². The molecule has 0 aliphatic rings. The Morgan fingerprint density at radius 2 is 1.64 bits per heavy atom. The third-order valence-electron chi connectivity index (χ3n) is 3.80. The molecule has 3 aromatic rings. The molecule has 3 N–H and O–H groups in total. The van der Waals surface area contributed by atoms with Gasteiger partial charge >= 0.3 is 0 Å². The van der Waals surface area contributed by atoms with E-state index in [9.17, 15) is 14.0 Å². The SMILES string of the molecule is NC(=O)c1ccc(NC(=O)c2ccccc2)n1Cc1ccccc1F. The van der Waals surface area contributed by atoms with Crippen molar-refractivity contribution in [2.75, 3.05) is 5.32 Å². The average Bonchev–Trinajstić information content (AvgIpc) is 3.00. The highest BCUT2D eigenvalue weighted by Gasteiger charge is 2.16. The van der Waals surface area contributed by atoms with Gasteiger partial charge < -0.3 is 15.6 Å². The summed E-state index contributed by atoms with van der Waals surface area (Å²) in [4.78, 5) is 24.0. The molecule has 126 valence electrons. The summed E-state index contributed by atoms with van der Waals surface area (Å²) in [5, 5.41) is 2.74. The van der Waals surface area contributed by atoms with Gasteiger partial charge in [0.2, 0.25) is 0 Å². The zero-order valence-corrected chi connectivity index (χ0v) is 13.3. The van der Waals surface area contributed by atoms with Crippen molar-refractivity contribution in [3.63, 3.8) is 0 Å². The maximum absolute atomic E-state index is 14.0. The van der Waals surface area contributed by atoms with Crippen LogP contribution in [0, 0.1) is 5.82 Å². The molecule has 0 bridgehead atoms. The maximum atomic E-state index is 14.0. The molecular weight excluding hydrogens is 321 g/mol. The molecule has 25 heavy (non-hydrogen) atoms. The Hall–Kier alpha value is -3.41. The minimum Gasteiger partial charge on any atom is -0.364 e. The molecule has 0 radical (unpaired) electrons. The molecule has 1 heterocycles. The molecular formula is C19H16FN3O2. The minimum absolute atomic E-state index is 0.0718. The summed E-state index contributed by atoms with van der Waals surface area (Å²) >= 11 is 0. The van der Waals surface area contributed by atoms with Crippen LogP contribution in [0.5, 0.6) is 0 Å². The van der Waals surface area contributed by atoms with E-state index in [1.54, 1.807) is 48.5 Å². The Balaban J connectivity index is 1.93. The molecule has 0 unspecified atom stereocenters. The van der Waals surface area contributed by atoms with E-state index in [0.29, 0.717) is 16.9 Å². The topological polar surface area (TPSA) is 77.1 Å². The first-order valence-electron chi connectivity index (χ1n) is 7.65. The van der Waals surface area contributed by atoms with Crippen molar-refractivity contribution in [1.29, 1.82) is 0 Å². The van der Waals surface area contributed by atoms with Crippen LogP contribution >= 0.6 is 0 Å². The Labute approximate surface area is 143 Å². The standard InChI is InChI=1S/C19H16FN3O2/c20-15-9-5-4-8-14(15)12-23-16(18(21)24)10-11-17(23)22-19(25)13-6-2-1-3-7-13/h1-11H,12H2,(H2,21,24)(H,22,25).